The molecule has 1 aliphatic heterocycles. The van der Waals surface area contributed by atoms with E-state index in [9.17, 15) is 22.8 Å². The highest BCUT2D eigenvalue weighted by atomic mass is 19.4. The summed E-state index contributed by atoms with van der Waals surface area (Å²) in [6.07, 6.45) is 0.0208. The lowest BCUT2D eigenvalue weighted by Gasteiger charge is -2.31. The lowest BCUT2D eigenvalue weighted by Crippen LogP contribution is -2.44. The van der Waals surface area contributed by atoms with E-state index >= 15 is 0 Å². The van der Waals surface area contributed by atoms with E-state index < -0.39 is 18.2 Å². The van der Waals surface area contributed by atoms with Crippen molar-refractivity contribution < 1.29 is 27.5 Å². The Morgan fingerprint density at radius 1 is 1.20 bits per heavy atom. The van der Waals surface area contributed by atoms with Crippen LogP contribution in [0.3, 0.4) is 0 Å². The molecule has 13 heteroatoms. The fraction of sp³-hybridized carbons (Fsp3) is 0.227. The minimum Gasteiger partial charge on any atom is -0.406 e. The normalized spacial score (nSPS) is 14.1. The molecule has 0 unspecified atom stereocenters. The fourth-order valence-corrected chi connectivity index (χ4v) is 3.41. The largest absolute Gasteiger partial charge is 0.573 e. The molecule has 2 amide bonds. The summed E-state index contributed by atoms with van der Waals surface area (Å²) in [6.45, 7) is 1.14. The lowest BCUT2D eigenvalue weighted by atomic mass is 10.1. The van der Waals surface area contributed by atoms with Gasteiger partial charge in [-0.1, -0.05) is 12.1 Å². The zero-order valence-electron chi connectivity index (χ0n) is 18.4. The summed E-state index contributed by atoms with van der Waals surface area (Å²) in [7, 11) is 1.47. The summed E-state index contributed by atoms with van der Waals surface area (Å²) in [5.41, 5.74) is 0.568. The molecule has 3 heterocycles. The summed E-state index contributed by atoms with van der Waals surface area (Å²) in [5, 5.41) is 12.8. The number of alkyl halides is 3. The zero-order chi connectivity index (χ0) is 25.2. The van der Waals surface area contributed by atoms with Crippen LogP contribution in [0.5, 0.6) is 5.75 Å². The number of nitrogens with one attached hydrogen (secondary N) is 3. The number of hydrogen-bond acceptors (Lipinski definition) is 7. The molecule has 3 N–H and O–H groups in total. The van der Waals surface area contributed by atoms with Crippen molar-refractivity contribution >= 4 is 29.6 Å². The SMILES string of the molecule is CN/C(C(=O)Nc1ccn2cc(-c3cccc(OC(F)(F)F)c3)nc2n1)=C(\C=N)C(=O)N1CCC1. The first kappa shape index (κ1) is 23.7. The van der Waals surface area contributed by atoms with Gasteiger partial charge in [0.05, 0.1) is 11.3 Å². The molecule has 1 aromatic carbocycles. The molecule has 3 aromatic rings. The van der Waals surface area contributed by atoms with Crippen molar-refractivity contribution in [3.8, 4) is 17.0 Å². The van der Waals surface area contributed by atoms with Crippen LogP contribution >= 0.6 is 0 Å². The molecule has 0 spiro atoms. The number of halogens is 3. The second-order valence-electron chi connectivity index (χ2n) is 7.50. The number of fused-ring (bicyclic) bond motifs is 1. The summed E-state index contributed by atoms with van der Waals surface area (Å²) in [5.74, 6) is -1.15. The molecule has 0 aliphatic carbocycles. The van der Waals surface area contributed by atoms with Gasteiger partial charge in [0, 0.05) is 44.3 Å². The molecule has 35 heavy (non-hydrogen) atoms. The standard InChI is InChI=1S/C22H20F3N7O3/c1-27-18(15(11-26)20(34)31-7-3-8-31)19(33)29-17-6-9-32-12-16(28-21(32)30-17)13-4-2-5-14(10-13)35-22(23,24)25/h2,4-6,9-12,26-27H,3,7-8H2,1H3,(H,28,29,30,33)/b18-15+,26-11?. The van der Waals surface area contributed by atoms with Crippen LogP contribution in [0.2, 0.25) is 0 Å². The van der Waals surface area contributed by atoms with Crippen LogP contribution < -0.4 is 15.4 Å². The first-order valence-electron chi connectivity index (χ1n) is 10.4. The highest BCUT2D eigenvalue weighted by molar-refractivity contribution is 6.19. The average molecular weight is 487 g/mol. The van der Waals surface area contributed by atoms with Gasteiger partial charge < -0.3 is 25.7 Å². The molecular weight excluding hydrogens is 467 g/mol. The minimum atomic E-state index is -4.82. The molecule has 2 aromatic heterocycles. The molecule has 10 nitrogen and oxygen atoms in total. The number of carbonyl (C=O) groups is 2. The van der Waals surface area contributed by atoms with Crippen LogP contribution in [0.15, 0.2) is 54.0 Å². The Labute approximate surface area is 196 Å². The Kier molecular flexibility index (Phi) is 6.40. The Balaban J connectivity index is 1.57. The number of benzene rings is 1. The highest BCUT2D eigenvalue weighted by Crippen LogP contribution is 2.27. The average Bonchev–Trinajstić information content (AvgIpc) is 3.18. The topological polar surface area (TPSA) is 125 Å². The van der Waals surface area contributed by atoms with Crippen molar-refractivity contribution in [1.82, 2.24) is 24.6 Å². The summed E-state index contributed by atoms with van der Waals surface area (Å²) in [4.78, 5) is 35.4. The van der Waals surface area contributed by atoms with Crippen molar-refractivity contribution in [3.05, 3.63) is 54.0 Å². The molecule has 0 bridgehead atoms. The molecule has 1 aliphatic rings. The van der Waals surface area contributed by atoms with Gasteiger partial charge in [0.15, 0.2) is 0 Å². The third-order valence-corrected chi connectivity index (χ3v) is 5.20. The summed E-state index contributed by atoms with van der Waals surface area (Å²) < 4.78 is 43.1. The lowest BCUT2D eigenvalue weighted by molar-refractivity contribution is -0.274. The van der Waals surface area contributed by atoms with Crippen molar-refractivity contribution in [2.45, 2.75) is 12.8 Å². The first-order chi connectivity index (χ1) is 16.7. The van der Waals surface area contributed by atoms with E-state index in [0.29, 0.717) is 24.3 Å². The fourth-order valence-electron chi connectivity index (χ4n) is 3.41. The maximum atomic E-state index is 12.8. The zero-order valence-corrected chi connectivity index (χ0v) is 18.4. The Hall–Kier alpha value is -4.42. The van der Waals surface area contributed by atoms with E-state index in [1.165, 1.54) is 40.6 Å². The third kappa shape index (κ3) is 5.23. The quantitative estimate of drug-likeness (QED) is 0.348. The van der Waals surface area contributed by atoms with Crippen molar-refractivity contribution in [2.75, 3.05) is 25.5 Å². The predicted molar refractivity (Wildman–Crippen MR) is 120 cm³/mol. The number of imidazole rings is 1. The number of likely N-dealkylation sites (N-methyl/N-ethyl adjacent to an activating group) is 1. The predicted octanol–water partition coefficient (Wildman–Crippen LogP) is 2.59. The number of amides is 2. The van der Waals surface area contributed by atoms with Crippen LogP contribution in [0.25, 0.3) is 17.0 Å². The molecular formula is C22H20F3N7O3. The van der Waals surface area contributed by atoms with Crippen LogP contribution in [0.4, 0.5) is 19.0 Å². The number of hydrogen-bond donors (Lipinski definition) is 3. The number of nitrogens with zero attached hydrogens (tertiary/aromatic N) is 4. The van der Waals surface area contributed by atoms with E-state index in [1.807, 2.05) is 0 Å². The van der Waals surface area contributed by atoms with E-state index in [2.05, 4.69) is 25.3 Å². The van der Waals surface area contributed by atoms with Gasteiger partial charge in [-0.15, -0.1) is 13.2 Å². The van der Waals surface area contributed by atoms with E-state index in [0.717, 1.165) is 12.6 Å². The number of carbonyl (C=O) groups excluding carboxylic acids is 2. The number of aromatic nitrogens is 3. The van der Waals surface area contributed by atoms with Crippen LogP contribution in [0.1, 0.15) is 6.42 Å². The van der Waals surface area contributed by atoms with Crippen LogP contribution in [0, 0.1) is 5.41 Å². The molecule has 1 saturated heterocycles. The maximum Gasteiger partial charge on any atom is 0.573 e. The maximum absolute atomic E-state index is 12.8. The first-order valence-corrected chi connectivity index (χ1v) is 10.4. The molecule has 0 saturated carbocycles. The second kappa shape index (κ2) is 9.44. The number of likely N-dealkylation sites (tertiary alicyclic amines) is 1. The number of rotatable bonds is 7. The van der Waals surface area contributed by atoms with E-state index in [-0.39, 0.29) is 28.6 Å². The second-order valence-corrected chi connectivity index (χ2v) is 7.50. The number of ether oxygens (including phenoxy) is 1. The Morgan fingerprint density at radius 2 is 1.97 bits per heavy atom. The molecule has 0 radical (unpaired) electrons. The monoisotopic (exact) mass is 487 g/mol. The van der Waals surface area contributed by atoms with Crippen molar-refractivity contribution in [2.24, 2.45) is 0 Å². The van der Waals surface area contributed by atoms with Gasteiger partial charge >= 0.3 is 6.36 Å². The van der Waals surface area contributed by atoms with Crippen molar-refractivity contribution in [1.29, 1.82) is 5.41 Å². The summed E-state index contributed by atoms with van der Waals surface area (Å²) >= 11 is 0. The smallest absolute Gasteiger partial charge is 0.406 e. The molecule has 182 valence electrons. The Morgan fingerprint density at radius 3 is 2.60 bits per heavy atom. The Bertz CT molecular complexity index is 1330. The van der Waals surface area contributed by atoms with Gasteiger partial charge in [0.1, 0.15) is 17.3 Å². The van der Waals surface area contributed by atoms with Crippen molar-refractivity contribution in [3.63, 3.8) is 0 Å². The van der Waals surface area contributed by atoms with Gasteiger partial charge in [-0.05, 0) is 24.6 Å². The van der Waals surface area contributed by atoms with Crippen LogP contribution in [-0.4, -0.2) is 63.8 Å². The summed E-state index contributed by atoms with van der Waals surface area (Å²) in [6, 6.07) is 6.87. The van der Waals surface area contributed by atoms with Gasteiger partial charge in [-0.25, -0.2) is 4.98 Å². The highest BCUT2D eigenvalue weighted by Gasteiger charge is 2.31. The van der Waals surface area contributed by atoms with Gasteiger partial charge in [0.2, 0.25) is 5.78 Å². The van der Waals surface area contributed by atoms with Gasteiger partial charge in [0.25, 0.3) is 11.8 Å². The number of anilines is 1. The van der Waals surface area contributed by atoms with Crippen LogP contribution in [-0.2, 0) is 9.59 Å². The molecule has 0 atom stereocenters. The van der Waals surface area contributed by atoms with Gasteiger partial charge in [-0.2, -0.15) is 4.98 Å². The molecule has 4 rings (SSSR count). The molecule has 1 fully saturated rings. The van der Waals surface area contributed by atoms with E-state index in [4.69, 9.17) is 5.41 Å². The third-order valence-electron chi connectivity index (χ3n) is 5.20. The van der Waals surface area contributed by atoms with Gasteiger partial charge in [-0.3, -0.25) is 14.0 Å². The van der Waals surface area contributed by atoms with E-state index in [1.54, 1.807) is 18.5 Å². The minimum absolute atomic E-state index is 0.0742.